The molecule has 1 amide bonds. The highest BCUT2D eigenvalue weighted by Crippen LogP contribution is 2.32. The third-order valence-electron chi connectivity index (χ3n) is 3.68. The van der Waals surface area contributed by atoms with Gasteiger partial charge >= 0.3 is 5.97 Å². The summed E-state index contributed by atoms with van der Waals surface area (Å²) in [4.78, 5) is 28.4. The topological polar surface area (TPSA) is 97.8 Å². The summed E-state index contributed by atoms with van der Waals surface area (Å²) >= 11 is 2.81. The van der Waals surface area contributed by atoms with Crippen LogP contribution in [0.4, 0.5) is 5.69 Å². The van der Waals surface area contributed by atoms with Crippen molar-refractivity contribution in [2.75, 3.05) is 24.8 Å². The predicted molar refractivity (Wildman–Crippen MR) is 110 cm³/mol. The third-order valence-corrected chi connectivity index (χ3v) is 5.84. The van der Waals surface area contributed by atoms with Crippen LogP contribution >= 0.6 is 23.1 Å². The minimum absolute atomic E-state index is 0.0547. The summed E-state index contributed by atoms with van der Waals surface area (Å²) in [5.74, 6) is -0.177. The lowest BCUT2D eigenvalue weighted by Gasteiger charge is -2.08. The molecule has 0 unspecified atom stereocenters. The van der Waals surface area contributed by atoms with Gasteiger partial charge in [-0.25, -0.2) is 9.78 Å². The van der Waals surface area contributed by atoms with Crippen LogP contribution in [0.1, 0.15) is 17.3 Å². The van der Waals surface area contributed by atoms with Crippen molar-refractivity contribution in [2.24, 2.45) is 0 Å². The number of benzene rings is 2. The predicted octanol–water partition coefficient (Wildman–Crippen LogP) is 3.92. The third kappa shape index (κ3) is 4.73. The molecule has 28 heavy (non-hydrogen) atoms. The molecule has 0 radical (unpaired) electrons. The van der Waals surface area contributed by atoms with Crippen molar-refractivity contribution in [2.45, 2.75) is 11.3 Å². The van der Waals surface area contributed by atoms with Crippen molar-refractivity contribution >= 4 is 50.9 Å². The number of nitrogens with zero attached hydrogens (tertiary/aromatic N) is 1. The molecular weight excluding hydrogens is 400 g/mol. The zero-order chi connectivity index (χ0) is 20.1. The number of hydrogen-bond donors (Lipinski definition) is 2. The van der Waals surface area contributed by atoms with E-state index in [9.17, 15) is 14.7 Å². The van der Waals surface area contributed by atoms with Crippen molar-refractivity contribution < 1.29 is 24.2 Å². The maximum Gasteiger partial charge on any atom is 0.341 e. The number of methoxy groups -OCH3 is 1. The Morgan fingerprint density at radius 1 is 1.25 bits per heavy atom. The fraction of sp³-hybridized carbons (Fsp3) is 0.211. The van der Waals surface area contributed by atoms with Crippen LogP contribution < -0.4 is 10.1 Å². The maximum absolute atomic E-state index is 12.2. The van der Waals surface area contributed by atoms with E-state index in [4.69, 9.17) is 9.47 Å². The number of amides is 1. The molecule has 2 N–H and O–H groups in total. The molecular formula is C19H18N2O5S2. The van der Waals surface area contributed by atoms with Gasteiger partial charge in [0.05, 0.1) is 29.7 Å². The summed E-state index contributed by atoms with van der Waals surface area (Å²) in [5.41, 5.74) is 1.30. The number of fused-ring (bicyclic) bond motifs is 1. The van der Waals surface area contributed by atoms with Gasteiger partial charge in [0.25, 0.3) is 0 Å². The molecule has 146 valence electrons. The van der Waals surface area contributed by atoms with Gasteiger partial charge in [0.15, 0.2) is 4.34 Å². The monoisotopic (exact) mass is 418 g/mol. The number of thiazole rings is 1. The molecule has 1 heterocycles. The Morgan fingerprint density at radius 3 is 2.79 bits per heavy atom. The summed E-state index contributed by atoms with van der Waals surface area (Å²) in [5, 5.41) is 12.6. The molecule has 9 heteroatoms. The first-order valence-electron chi connectivity index (χ1n) is 8.37. The molecule has 0 saturated heterocycles. The minimum Gasteiger partial charge on any atom is -0.507 e. The molecule has 0 aliphatic heterocycles. The molecule has 3 aromatic rings. The summed E-state index contributed by atoms with van der Waals surface area (Å²) in [6, 6.07) is 9.90. The van der Waals surface area contributed by atoms with Gasteiger partial charge in [-0.05, 0) is 37.3 Å². The van der Waals surface area contributed by atoms with Crippen LogP contribution in [0, 0.1) is 0 Å². The molecule has 0 saturated carbocycles. The highest BCUT2D eigenvalue weighted by molar-refractivity contribution is 8.01. The van der Waals surface area contributed by atoms with Crippen LogP contribution in [0.2, 0.25) is 0 Å². The largest absolute Gasteiger partial charge is 0.507 e. The molecule has 0 spiro atoms. The van der Waals surface area contributed by atoms with E-state index in [1.54, 1.807) is 20.1 Å². The Labute approximate surface area is 169 Å². The van der Waals surface area contributed by atoms with Crippen LogP contribution in [0.3, 0.4) is 0 Å². The highest BCUT2D eigenvalue weighted by atomic mass is 32.2. The average molecular weight is 418 g/mol. The van der Waals surface area contributed by atoms with Gasteiger partial charge in [0.1, 0.15) is 17.1 Å². The number of nitrogens with one attached hydrogen (secondary N) is 1. The van der Waals surface area contributed by atoms with Crippen molar-refractivity contribution in [1.82, 2.24) is 4.98 Å². The zero-order valence-electron chi connectivity index (χ0n) is 15.2. The molecule has 0 aliphatic carbocycles. The van der Waals surface area contributed by atoms with Crippen molar-refractivity contribution in [3.8, 4) is 11.5 Å². The fourth-order valence-electron chi connectivity index (χ4n) is 2.39. The van der Waals surface area contributed by atoms with Crippen molar-refractivity contribution in [1.29, 1.82) is 0 Å². The normalized spacial score (nSPS) is 10.6. The smallest absolute Gasteiger partial charge is 0.341 e. The van der Waals surface area contributed by atoms with Gasteiger partial charge in [-0.3, -0.25) is 4.79 Å². The first-order chi connectivity index (χ1) is 13.5. The number of thioether (sulfide) groups is 1. The number of aromatic nitrogens is 1. The standard InChI is InChI=1S/C19H18N2O5S2/c1-3-26-18(24)13-6-4-11(8-15(13)22)20-17(23)10-27-19-21-14-7-5-12(25-2)9-16(14)28-19/h4-9,22H,3,10H2,1-2H3,(H,20,23). The van der Waals surface area contributed by atoms with Gasteiger partial charge in [0.2, 0.25) is 5.91 Å². The second kappa shape index (κ2) is 8.94. The van der Waals surface area contributed by atoms with E-state index in [0.717, 1.165) is 20.3 Å². The van der Waals surface area contributed by atoms with Crippen LogP contribution in [-0.2, 0) is 9.53 Å². The number of ether oxygens (including phenoxy) is 2. The van der Waals surface area contributed by atoms with Gasteiger partial charge in [-0.15, -0.1) is 11.3 Å². The molecule has 0 aliphatic rings. The summed E-state index contributed by atoms with van der Waals surface area (Å²) in [6.07, 6.45) is 0. The van der Waals surface area contributed by atoms with E-state index in [1.807, 2.05) is 18.2 Å². The van der Waals surface area contributed by atoms with Gasteiger partial charge in [-0.1, -0.05) is 11.8 Å². The van der Waals surface area contributed by atoms with E-state index >= 15 is 0 Å². The number of phenolic OH excluding ortho intramolecular Hbond substituents is 1. The highest BCUT2D eigenvalue weighted by Gasteiger charge is 2.14. The number of anilines is 1. The number of carbonyl (C=O) groups excluding carboxylic acids is 2. The van der Waals surface area contributed by atoms with E-state index in [2.05, 4.69) is 10.3 Å². The van der Waals surface area contributed by atoms with Crippen LogP contribution in [0.5, 0.6) is 11.5 Å². The number of phenols is 1. The van der Waals surface area contributed by atoms with Gasteiger partial charge in [0, 0.05) is 11.8 Å². The number of aromatic hydroxyl groups is 1. The zero-order valence-corrected chi connectivity index (χ0v) is 16.9. The molecule has 1 aromatic heterocycles. The molecule has 3 rings (SSSR count). The second-order valence-electron chi connectivity index (χ2n) is 5.60. The Bertz CT molecular complexity index is 1020. The quantitative estimate of drug-likeness (QED) is 0.443. The van der Waals surface area contributed by atoms with Gasteiger partial charge in [-0.2, -0.15) is 0 Å². The number of rotatable bonds is 7. The molecule has 7 nitrogen and oxygen atoms in total. The Balaban J connectivity index is 1.60. The van der Waals surface area contributed by atoms with Crippen molar-refractivity contribution in [3.63, 3.8) is 0 Å². The van der Waals surface area contributed by atoms with Crippen molar-refractivity contribution in [3.05, 3.63) is 42.0 Å². The lowest BCUT2D eigenvalue weighted by Crippen LogP contribution is -2.14. The SMILES string of the molecule is CCOC(=O)c1ccc(NC(=O)CSc2nc3ccc(OC)cc3s2)cc1O. The molecule has 0 fully saturated rings. The number of esters is 1. The van der Waals surface area contributed by atoms with Crippen LogP contribution in [-0.4, -0.2) is 41.4 Å². The lowest BCUT2D eigenvalue weighted by molar-refractivity contribution is -0.113. The first-order valence-corrected chi connectivity index (χ1v) is 10.2. The van der Waals surface area contributed by atoms with E-state index in [-0.39, 0.29) is 29.6 Å². The molecule has 2 aromatic carbocycles. The minimum atomic E-state index is -0.610. The number of hydrogen-bond acceptors (Lipinski definition) is 8. The molecule has 0 atom stereocenters. The maximum atomic E-state index is 12.2. The van der Waals surface area contributed by atoms with E-state index < -0.39 is 5.97 Å². The number of carbonyl (C=O) groups is 2. The van der Waals surface area contributed by atoms with E-state index in [1.165, 1.54) is 35.2 Å². The Morgan fingerprint density at radius 2 is 2.07 bits per heavy atom. The van der Waals surface area contributed by atoms with E-state index in [0.29, 0.717) is 5.69 Å². The summed E-state index contributed by atoms with van der Waals surface area (Å²) in [7, 11) is 1.61. The van der Waals surface area contributed by atoms with Crippen LogP contribution in [0.15, 0.2) is 40.7 Å². The van der Waals surface area contributed by atoms with Gasteiger partial charge < -0.3 is 19.9 Å². The van der Waals surface area contributed by atoms with Crippen LogP contribution in [0.25, 0.3) is 10.2 Å². The second-order valence-corrected chi connectivity index (χ2v) is 7.86. The average Bonchev–Trinajstić information content (AvgIpc) is 3.08. The Kier molecular flexibility index (Phi) is 6.37. The molecule has 0 bridgehead atoms. The lowest BCUT2D eigenvalue weighted by atomic mass is 10.2. The first kappa shape index (κ1) is 20.0. The summed E-state index contributed by atoms with van der Waals surface area (Å²) < 4.78 is 11.8. The summed E-state index contributed by atoms with van der Waals surface area (Å²) in [6.45, 7) is 1.90. The Hall–Kier alpha value is -2.78. The fourth-order valence-corrected chi connectivity index (χ4v) is 4.28.